The van der Waals surface area contributed by atoms with Gasteiger partial charge in [-0.3, -0.25) is 0 Å². The Morgan fingerprint density at radius 1 is 1.31 bits per heavy atom. The normalized spacial score (nSPS) is 22.4. The van der Waals surface area contributed by atoms with E-state index in [2.05, 4.69) is 27.9 Å². The van der Waals surface area contributed by atoms with Gasteiger partial charge in [0.05, 0.1) is 6.61 Å². The number of unbranched alkanes of at least 4 members (excludes halogenated alkanes) is 2. The maximum Gasteiger partial charge on any atom is 0.0507 e. The highest BCUT2D eigenvalue weighted by Gasteiger charge is 2.14. The standard InChI is InChI=1S/C10H20INO/c11-5-2-1-3-6-12-8-10-4-7-13-9-10/h10,12H,1-9H2. The van der Waals surface area contributed by atoms with Crippen molar-refractivity contribution in [3.63, 3.8) is 0 Å². The van der Waals surface area contributed by atoms with E-state index in [1.807, 2.05) is 0 Å². The monoisotopic (exact) mass is 297 g/mol. The molecule has 0 bridgehead atoms. The molecule has 78 valence electrons. The number of ether oxygens (including phenoxy) is 1. The van der Waals surface area contributed by atoms with E-state index < -0.39 is 0 Å². The third-order valence-electron chi connectivity index (χ3n) is 2.44. The van der Waals surface area contributed by atoms with Gasteiger partial charge < -0.3 is 10.1 Å². The predicted molar refractivity (Wildman–Crippen MR) is 64.5 cm³/mol. The average Bonchev–Trinajstić information content (AvgIpc) is 2.63. The van der Waals surface area contributed by atoms with Crippen molar-refractivity contribution in [3.8, 4) is 0 Å². The number of nitrogens with one attached hydrogen (secondary N) is 1. The highest BCUT2D eigenvalue weighted by molar-refractivity contribution is 14.1. The highest BCUT2D eigenvalue weighted by atomic mass is 127. The van der Waals surface area contributed by atoms with Crippen LogP contribution in [0.15, 0.2) is 0 Å². The summed E-state index contributed by atoms with van der Waals surface area (Å²) in [5.74, 6) is 0.782. The van der Waals surface area contributed by atoms with Gasteiger partial charge in [0, 0.05) is 13.2 Å². The van der Waals surface area contributed by atoms with Gasteiger partial charge in [0.2, 0.25) is 0 Å². The van der Waals surface area contributed by atoms with E-state index >= 15 is 0 Å². The molecule has 1 saturated heterocycles. The summed E-state index contributed by atoms with van der Waals surface area (Å²) in [5.41, 5.74) is 0. The second-order valence-corrected chi connectivity index (χ2v) is 4.76. The highest BCUT2D eigenvalue weighted by Crippen LogP contribution is 2.10. The van der Waals surface area contributed by atoms with Gasteiger partial charge in [0.1, 0.15) is 0 Å². The SMILES string of the molecule is ICCCCCNCC1CCOC1. The van der Waals surface area contributed by atoms with Gasteiger partial charge in [-0.15, -0.1) is 0 Å². The summed E-state index contributed by atoms with van der Waals surface area (Å²) >= 11 is 2.44. The second-order valence-electron chi connectivity index (χ2n) is 3.68. The van der Waals surface area contributed by atoms with Crippen LogP contribution in [0.3, 0.4) is 0 Å². The van der Waals surface area contributed by atoms with Crippen molar-refractivity contribution in [3.05, 3.63) is 0 Å². The minimum absolute atomic E-state index is 0.782. The molecule has 0 radical (unpaired) electrons. The van der Waals surface area contributed by atoms with Crippen molar-refractivity contribution < 1.29 is 4.74 Å². The van der Waals surface area contributed by atoms with Crippen LogP contribution in [-0.2, 0) is 4.74 Å². The van der Waals surface area contributed by atoms with Crippen LogP contribution in [0.5, 0.6) is 0 Å². The Morgan fingerprint density at radius 2 is 2.23 bits per heavy atom. The molecule has 1 rings (SSSR count). The first kappa shape index (κ1) is 11.7. The Labute approximate surface area is 94.9 Å². The Bertz CT molecular complexity index is 115. The average molecular weight is 297 g/mol. The Hall–Kier alpha value is 0.650. The summed E-state index contributed by atoms with van der Waals surface area (Å²) in [6, 6.07) is 0. The summed E-state index contributed by atoms with van der Waals surface area (Å²) in [5, 5.41) is 3.50. The van der Waals surface area contributed by atoms with Crippen molar-refractivity contribution in [2.45, 2.75) is 25.7 Å². The first-order valence-corrected chi connectivity index (χ1v) is 6.80. The van der Waals surface area contributed by atoms with Crippen molar-refractivity contribution in [2.24, 2.45) is 5.92 Å². The van der Waals surface area contributed by atoms with Crippen molar-refractivity contribution in [1.82, 2.24) is 5.32 Å². The minimum Gasteiger partial charge on any atom is -0.381 e. The van der Waals surface area contributed by atoms with E-state index in [-0.39, 0.29) is 0 Å². The zero-order valence-corrected chi connectivity index (χ0v) is 10.4. The van der Waals surface area contributed by atoms with Crippen LogP contribution in [0, 0.1) is 5.92 Å². The number of hydrogen-bond acceptors (Lipinski definition) is 2. The first-order valence-electron chi connectivity index (χ1n) is 5.28. The molecule has 0 saturated carbocycles. The van der Waals surface area contributed by atoms with E-state index in [1.54, 1.807) is 0 Å². The molecule has 1 aliphatic rings. The number of alkyl halides is 1. The Morgan fingerprint density at radius 3 is 2.92 bits per heavy atom. The molecule has 3 heteroatoms. The number of halogens is 1. The number of rotatable bonds is 7. The zero-order valence-electron chi connectivity index (χ0n) is 8.23. The van der Waals surface area contributed by atoms with Gasteiger partial charge in [0.15, 0.2) is 0 Å². The minimum atomic E-state index is 0.782. The second kappa shape index (κ2) is 8.00. The largest absolute Gasteiger partial charge is 0.381 e. The topological polar surface area (TPSA) is 21.3 Å². The predicted octanol–water partition coefficient (Wildman–Crippen LogP) is 2.22. The molecular weight excluding hydrogens is 277 g/mol. The molecule has 2 nitrogen and oxygen atoms in total. The van der Waals surface area contributed by atoms with Gasteiger partial charge >= 0.3 is 0 Å². The molecule has 1 fully saturated rings. The van der Waals surface area contributed by atoms with E-state index in [9.17, 15) is 0 Å². The maximum atomic E-state index is 5.31. The lowest BCUT2D eigenvalue weighted by molar-refractivity contribution is 0.185. The molecule has 1 aliphatic heterocycles. The molecule has 0 spiro atoms. The van der Waals surface area contributed by atoms with Crippen molar-refractivity contribution in [1.29, 1.82) is 0 Å². The molecular formula is C10H20INO. The van der Waals surface area contributed by atoms with Crippen LogP contribution >= 0.6 is 22.6 Å². The fraction of sp³-hybridized carbons (Fsp3) is 1.00. The lowest BCUT2D eigenvalue weighted by Gasteiger charge is -2.08. The van der Waals surface area contributed by atoms with Crippen LogP contribution in [-0.4, -0.2) is 30.7 Å². The molecule has 0 aliphatic carbocycles. The van der Waals surface area contributed by atoms with E-state index in [0.29, 0.717) is 0 Å². The molecule has 13 heavy (non-hydrogen) atoms. The maximum absolute atomic E-state index is 5.31. The van der Waals surface area contributed by atoms with Crippen molar-refractivity contribution >= 4 is 22.6 Å². The van der Waals surface area contributed by atoms with Crippen LogP contribution < -0.4 is 5.32 Å². The fourth-order valence-electron chi connectivity index (χ4n) is 1.57. The third-order valence-corrected chi connectivity index (χ3v) is 3.21. The van der Waals surface area contributed by atoms with Gasteiger partial charge in [-0.25, -0.2) is 0 Å². The molecule has 1 N–H and O–H groups in total. The summed E-state index contributed by atoms with van der Waals surface area (Å²) in [7, 11) is 0. The Balaban J connectivity index is 1.78. The summed E-state index contributed by atoms with van der Waals surface area (Å²) in [6.45, 7) is 4.29. The van der Waals surface area contributed by atoms with E-state index in [1.165, 1.54) is 36.7 Å². The summed E-state index contributed by atoms with van der Waals surface area (Å²) < 4.78 is 6.61. The molecule has 0 aromatic heterocycles. The molecule has 0 amide bonds. The third kappa shape index (κ3) is 5.86. The molecule has 0 aromatic carbocycles. The summed E-state index contributed by atoms with van der Waals surface area (Å²) in [4.78, 5) is 0. The lowest BCUT2D eigenvalue weighted by Crippen LogP contribution is -2.23. The quantitative estimate of drug-likeness (QED) is 0.442. The van der Waals surface area contributed by atoms with Gasteiger partial charge in [-0.1, -0.05) is 29.0 Å². The van der Waals surface area contributed by atoms with Crippen LogP contribution in [0.1, 0.15) is 25.7 Å². The zero-order chi connectivity index (χ0) is 9.36. The summed E-state index contributed by atoms with van der Waals surface area (Å²) in [6.07, 6.45) is 5.32. The van der Waals surface area contributed by atoms with Gasteiger partial charge in [0.25, 0.3) is 0 Å². The van der Waals surface area contributed by atoms with Gasteiger partial charge in [-0.2, -0.15) is 0 Å². The lowest BCUT2D eigenvalue weighted by atomic mass is 10.1. The first-order chi connectivity index (χ1) is 6.43. The fourth-order valence-corrected chi connectivity index (χ4v) is 2.11. The molecule has 1 heterocycles. The molecule has 1 atom stereocenters. The van der Waals surface area contributed by atoms with E-state index in [4.69, 9.17) is 4.74 Å². The van der Waals surface area contributed by atoms with Crippen LogP contribution in [0.4, 0.5) is 0 Å². The molecule has 0 aromatic rings. The van der Waals surface area contributed by atoms with Crippen LogP contribution in [0.25, 0.3) is 0 Å². The van der Waals surface area contributed by atoms with Gasteiger partial charge in [-0.05, 0) is 36.2 Å². The van der Waals surface area contributed by atoms with Crippen molar-refractivity contribution in [2.75, 3.05) is 30.7 Å². The molecule has 1 unspecified atom stereocenters. The number of hydrogen-bond donors (Lipinski definition) is 1. The smallest absolute Gasteiger partial charge is 0.0507 e. The van der Waals surface area contributed by atoms with Crippen LogP contribution in [0.2, 0.25) is 0 Å². The van der Waals surface area contributed by atoms with E-state index in [0.717, 1.165) is 25.7 Å². The Kier molecular flexibility index (Phi) is 7.21.